The fraction of sp³-hybridized carbons (Fsp3) is 0.667. The molecule has 2 aliphatic heterocycles. The normalized spacial score (nSPS) is 19.0. The zero-order valence-electron chi connectivity index (χ0n) is 15.1. The number of piperidine rings is 1. The average molecular weight is 345 g/mol. The summed E-state index contributed by atoms with van der Waals surface area (Å²) in [6.45, 7) is 7.62. The molecular formula is C18H27N5O2. The van der Waals surface area contributed by atoms with Gasteiger partial charge in [0.05, 0.1) is 0 Å². The van der Waals surface area contributed by atoms with Gasteiger partial charge in [-0.1, -0.05) is 0 Å². The first-order valence-electron chi connectivity index (χ1n) is 9.11. The molecule has 0 radical (unpaired) electrons. The number of hydrogen-bond acceptors (Lipinski definition) is 5. The number of aromatic nitrogens is 2. The number of rotatable bonds is 3. The molecule has 0 unspecified atom stereocenters. The second-order valence-corrected chi connectivity index (χ2v) is 7.31. The van der Waals surface area contributed by atoms with Crippen LogP contribution in [0.5, 0.6) is 0 Å². The lowest BCUT2D eigenvalue weighted by Gasteiger charge is -2.40. The minimum atomic E-state index is -0.997. The summed E-state index contributed by atoms with van der Waals surface area (Å²) < 4.78 is 0. The van der Waals surface area contributed by atoms with Crippen LogP contribution in [0.3, 0.4) is 0 Å². The van der Waals surface area contributed by atoms with Gasteiger partial charge in [-0.15, -0.1) is 0 Å². The molecule has 2 saturated heterocycles. The Labute approximate surface area is 149 Å². The molecular weight excluding hydrogens is 318 g/mol. The van der Waals surface area contributed by atoms with E-state index in [0.717, 1.165) is 25.9 Å². The highest BCUT2D eigenvalue weighted by Gasteiger charge is 2.42. The van der Waals surface area contributed by atoms with Crippen molar-refractivity contribution in [1.82, 2.24) is 19.8 Å². The SMILES string of the molecule is CC(C)(C(=O)N1CCCCC1)C(=O)N1CCN(c2ncccn2)CC1. The number of carbonyl (C=O) groups is 2. The highest BCUT2D eigenvalue weighted by Crippen LogP contribution is 2.25. The molecule has 2 amide bonds. The minimum Gasteiger partial charge on any atom is -0.342 e. The fourth-order valence-corrected chi connectivity index (χ4v) is 3.54. The topological polar surface area (TPSA) is 69.6 Å². The Hall–Kier alpha value is -2.18. The van der Waals surface area contributed by atoms with E-state index in [0.29, 0.717) is 32.1 Å². The molecule has 7 heteroatoms. The molecule has 0 atom stereocenters. The number of carbonyl (C=O) groups excluding carboxylic acids is 2. The van der Waals surface area contributed by atoms with E-state index in [9.17, 15) is 9.59 Å². The van der Waals surface area contributed by atoms with E-state index < -0.39 is 5.41 Å². The molecule has 2 fully saturated rings. The summed E-state index contributed by atoms with van der Waals surface area (Å²) in [5.74, 6) is 0.584. The highest BCUT2D eigenvalue weighted by molar-refractivity contribution is 6.04. The maximum atomic E-state index is 13.0. The van der Waals surface area contributed by atoms with Gasteiger partial charge in [-0.2, -0.15) is 0 Å². The van der Waals surface area contributed by atoms with Gasteiger partial charge >= 0.3 is 0 Å². The van der Waals surface area contributed by atoms with Gasteiger partial charge in [0.1, 0.15) is 5.41 Å². The Bertz CT molecular complexity index is 605. The number of anilines is 1. The smallest absolute Gasteiger partial charge is 0.237 e. The van der Waals surface area contributed by atoms with Crippen LogP contribution in [0.1, 0.15) is 33.1 Å². The van der Waals surface area contributed by atoms with E-state index >= 15 is 0 Å². The van der Waals surface area contributed by atoms with E-state index in [-0.39, 0.29) is 11.8 Å². The van der Waals surface area contributed by atoms with Crippen LogP contribution in [0.2, 0.25) is 0 Å². The molecule has 0 N–H and O–H groups in total. The van der Waals surface area contributed by atoms with Crippen molar-refractivity contribution >= 4 is 17.8 Å². The molecule has 7 nitrogen and oxygen atoms in total. The molecule has 1 aromatic rings. The van der Waals surface area contributed by atoms with Crippen molar-refractivity contribution in [2.75, 3.05) is 44.2 Å². The van der Waals surface area contributed by atoms with Crippen LogP contribution < -0.4 is 4.90 Å². The molecule has 3 heterocycles. The van der Waals surface area contributed by atoms with Crippen LogP contribution in [0, 0.1) is 5.41 Å². The summed E-state index contributed by atoms with van der Waals surface area (Å²) in [6, 6.07) is 1.79. The minimum absolute atomic E-state index is 0.0361. The van der Waals surface area contributed by atoms with Gasteiger partial charge < -0.3 is 14.7 Å². The van der Waals surface area contributed by atoms with E-state index in [1.807, 2.05) is 4.90 Å². The maximum Gasteiger partial charge on any atom is 0.237 e. The molecule has 0 aromatic carbocycles. The Morgan fingerprint density at radius 1 is 0.840 bits per heavy atom. The molecule has 0 aliphatic carbocycles. The Balaban J connectivity index is 1.60. The Kier molecular flexibility index (Phi) is 5.20. The van der Waals surface area contributed by atoms with Crippen LogP contribution in [-0.2, 0) is 9.59 Å². The Morgan fingerprint density at radius 2 is 1.36 bits per heavy atom. The van der Waals surface area contributed by atoms with Crippen molar-refractivity contribution in [3.8, 4) is 0 Å². The summed E-state index contributed by atoms with van der Waals surface area (Å²) in [6.07, 6.45) is 6.68. The third-order valence-corrected chi connectivity index (χ3v) is 5.11. The van der Waals surface area contributed by atoms with Crippen molar-refractivity contribution in [3.63, 3.8) is 0 Å². The summed E-state index contributed by atoms with van der Waals surface area (Å²) in [4.78, 5) is 40.1. The standard InChI is InChI=1S/C18H27N5O2/c1-18(2,15(24)21-9-4-3-5-10-21)16(25)22-11-13-23(14-12-22)17-19-7-6-8-20-17/h6-8H,3-5,9-14H2,1-2H3. The monoisotopic (exact) mass is 345 g/mol. The summed E-state index contributed by atoms with van der Waals surface area (Å²) in [5, 5.41) is 0. The first-order valence-corrected chi connectivity index (χ1v) is 9.11. The number of hydrogen-bond donors (Lipinski definition) is 0. The van der Waals surface area contributed by atoms with Crippen LogP contribution in [0.25, 0.3) is 0 Å². The summed E-state index contributed by atoms with van der Waals surface area (Å²) >= 11 is 0. The maximum absolute atomic E-state index is 13.0. The lowest BCUT2D eigenvalue weighted by atomic mass is 9.88. The van der Waals surface area contributed by atoms with Crippen molar-refractivity contribution < 1.29 is 9.59 Å². The first-order chi connectivity index (χ1) is 12.0. The number of amides is 2. The third kappa shape index (κ3) is 3.75. The van der Waals surface area contributed by atoms with Gasteiger partial charge in [0.15, 0.2) is 0 Å². The van der Waals surface area contributed by atoms with E-state index in [2.05, 4.69) is 14.9 Å². The predicted octanol–water partition coefficient (Wildman–Crippen LogP) is 1.16. The lowest BCUT2D eigenvalue weighted by Crippen LogP contribution is -2.56. The van der Waals surface area contributed by atoms with Gasteiger partial charge in [0, 0.05) is 51.7 Å². The van der Waals surface area contributed by atoms with Crippen LogP contribution in [-0.4, -0.2) is 70.9 Å². The second-order valence-electron chi connectivity index (χ2n) is 7.31. The number of nitrogens with zero attached hydrogens (tertiary/aromatic N) is 5. The van der Waals surface area contributed by atoms with Gasteiger partial charge in [-0.3, -0.25) is 9.59 Å². The van der Waals surface area contributed by atoms with Gasteiger partial charge in [0.2, 0.25) is 17.8 Å². The zero-order valence-corrected chi connectivity index (χ0v) is 15.1. The van der Waals surface area contributed by atoms with E-state index in [1.165, 1.54) is 6.42 Å². The third-order valence-electron chi connectivity index (χ3n) is 5.11. The molecule has 3 rings (SSSR count). The van der Waals surface area contributed by atoms with Crippen molar-refractivity contribution in [2.24, 2.45) is 5.41 Å². The predicted molar refractivity (Wildman–Crippen MR) is 95.0 cm³/mol. The molecule has 0 saturated carbocycles. The zero-order chi connectivity index (χ0) is 17.9. The second kappa shape index (κ2) is 7.37. The molecule has 1 aromatic heterocycles. The molecule has 136 valence electrons. The average Bonchev–Trinajstić information content (AvgIpc) is 2.68. The summed E-state index contributed by atoms with van der Waals surface area (Å²) in [5.41, 5.74) is -0.997. The van der Waals surface area contributed by atoms with Gasteiger partial charge in [-0.05, 0) is 39.2 Å². The van der Waals surface area contributed by atoms with Gasteiger partial charge in [-0.25, -0.2) is 9.97 Å². The highest BCUT2D eigenvalue weighted by atomic mass is 16.2. The van der Waals surface area contributed by atoms with Crippen LogP contribution >= 0.6 is 0 Å². The quantitative estimate of drug-likeness (QED) is 0.769. The van der Waals surface area contributed by atoms with Crippen molar-refractivity contribution in [3.05, 3.63) is 18.5 Å². The van der Waals surface area contributed by atoms with Crippen molar-refractivity contribution in [2.45, 2.75) is 33.1 Å². The molecule has 0 spiro atoms. The number of piperazine rings is 1. The molecule has 25 heavy (non-hydrogen) atoms. The van der Waals surface area contributed by atoms with Gasteiger partial charge in [0.25, 0.3) is 0 Å². The van der Waals surface area contributed by atoms with E-state index in [4.69, 9.17) is 0 Å². The molecule has 2 aliphatic rings. The first kappa shape index (κ1) is 17.6. The largest absolute Gasteiger partial charge is 0.342 e. The van der Waals surface area contributed by atoms with Crippen LogP contribution in [0.4, 0.5) is 5.95 Å². The van der Waals surface area contributed by atoms with E-state index in [1.54, 1.807) is 37.2 Å². The fourth-order valence-electron chi connectivity index (χ4n) is 3.54. The van der Waals surface area contributed by atoms with Crippen molar-refractivity contribution in [1.29, 1.82) is 0 Å². The molecule has 0 bridgehead atoms. The lowest BCUT2D eigenvalue weighted by molar-refractivity contribution is -0.154. The number of likely N-dealkylation sites (tertiary alicyclic amines) is 1. The Morgan fingerprint density at radius 3 is 1.92 bits per heavy atom. The summed E-state index contributed by atoms with van der Waals surface area (Å²) in [7, 11) is 0. The van der Waals surface area contributed by atoms with Crippen LogP contribution in [0.15, 0.2) is 18.5 Å².